The molecule has 0 aliphatic rings. The zero-order chi connectivity index (χ0) is 14.9. The van der Waals surface area contributed by atoms with Crippen LogP contribution in [-0.4, -0.2) is 17.9 Å². The van der Waals surface area contributed by atoms with E-state index in [1.54, 1.807) is 0 Å². The Hall–Kier alpha value is -0.370. The number of alkyl halides is 1. The van der Waals surface area contributed by atoms with E-state index in [0.717, 1.165) is 32.1 Å². The highest BCUT2D eigenvalue weighted by atomic mass is 19.1. The molecule has 0 aromatic rings. The van der Waals surface area contributed by atoms with Crippen LogP contribution in [0.15, 0.2) is 12.2 Å². The summed E-state index contributed by atoms with van der Waals surface area (Å²) in [5.41, 5.74) is 0. The lowest BCUT2D eigenvalue weighted by Crippen LogP contribution is -1.97. The van der Waals surface area contributed by atoms with Gasteiger partial charge >= 0.3 is 0 Å². The smallest absolute Gasteiger partial charge is 0.104 e. The van der Waals surface area contributed by atoms with Crippen molar-refractivity contribution in [2.75, 3.05) is 6.61 Å². The topological polar surface area (TPSA) is 20.2 Å². The van der Waals surface area contributed by atoms with E-state index >= 15 is 0 Å². The van der Waals surface area contributed by atoms with Gasteiger partial charge in [0, 0.05) is 6.61 Å². The number of unbranched alkanes of at least 4 members (excludes halogenated alkanes) is 9. The summed E-state index contributed by atoms with van der Waals surface area (Å²) in [6.07, 6.45) is 17.7. The molecule has 0 fully saturated rings. The average molecular weight is 286 g/mol. The third kappa shape index (κ3) is 15.7. The van der Waals surface area contributed by atoms with Crippen molar-refractivity contribution in [1.29, 1.82) is 0 Å². The third-order valence-electron chi connectivity index (χ3n) is 3.71. The molecule has 1 nitrogen and oxygen atoms in total. The Morgan fingerprint density at radius 1 is 0.850 bits per heavy atom. The second-order valence-corrected chi connectivity index (χ2v) is 5.79. The van der Waals surface area contributed by atoms with Crippen molar-refractivity contribution in [3.63, 3.8) is 0 Å². The largest absolute Gasteiger partial charge is 0.396 e. The number of allylic oxidation sites excluding steroid dienone is 2. The molecule has 0 aliphatic carbocycles. The fourth-order valence-electron chi connectivity index (χ4n) is 2.35. The molecule has 1 unspecified atom stereocenters. The quantitative estimate of drug-likeness (QED) is 0.291. The van der Waals surface area contributed by atoms with Crippen LogP contribution in [-0.2, 0) is 0 Å². The molecule has 0 aromatic heterocycles. The molecule has 0 saturated heterocycles. The maximum Gasteiger partial charge on any atom is 0.104 e. The van der Waals surface area contributed by atoms with Gasteiger partial charge in [-0.2, -0.15) is 0 Å². The highest BCUT2D eigenvalue weighted by Gasteiger charge is 2.02. The van der Waals surface area contributed by atoms with Gasteiger partial charge in [0.25, 0.3) is 0 Å². The van der Waals surface area contributed by atoms with Gasteiger partial charge in [-0.1, -0.05) is 70.4 Å². The number of hydrogen-bond donors (Lipinski definition) is 1. The minimum absolute atomic E-state index is 0.325. The van der Waals surface area contributed by atoms with Gasteiger partial charge in [-0.3, -0.25) is 0 Å². The maximum atomic E-state index is 13.5. The summed E-state index contributed by atoms with van der Waals surface area (Å²) in [5, 5.41) is 8.65. The van der Waals surface area contributed by atoms with Crippen LogP contribution in [0.25, 0.3) is 0 Å². The van der Waals surface area contributed by atoms with E-state index in [2.05, 4.69) is 13.0 Å². The van der Waals surface area contributed by atoms with E-state index in [0.29, 0.717) is 13.0 Å². The van der Waals surface area contributed by atoms with Crippen molar-refractivity contribution in [1.82, 2.24) is 0 Å². The van der Waals surface area contributed by atoms with Crippen LogP contribution in [0.3, 0.4) is 0 Å². The van der Waals surface area contributed by atoms with Crippen LogP contribution in [0.5, 0.6) is 0 Å². The molecule has 0 saturated carbocycles. The highest BCUT2D eigenvalue weighted by molar-refractivity contribution is 4.84. The Bertz CT molecular complexity index is 204. The van der Waals surface area contributed by atoms with Crippen molar-refractivity contribution < 1.29 is 9.50 Å². The summed E-state index contributed by atoms with van der Waals surface area (Å²) >= 11 is 0. The van der Waals surface area contributed by atoms with E-state index in [1.807, 2.05) is 6.08 Å². The fourth-order valence-corrected chi connectivity index (χ4v) is 2.35. The first-order chi connectivity index (χ1) is 9.81. The second kappa shape index (κ2) is 16.7. The number of halogens is 1. The van der Waals surface area contributed by atoms with Gasteiger partial charge < -0.3 is 5.11 Å². The van der Waals surface area contributed by atoms with E-state index in [1.165, 1.54) is 44.9 Å². The lowest BCUT2D eigenvalue weighted by molar-refractivity contribution is 0.282. The van der Waals surface area contributed by atoms with Crippen LogP contribution in [0.1, 0.15) is 90.4 Å². The highest BCUT2D eigenvalue weighted by Crippen LogP contribution is 2.12. The number of rotatable bonds is 15. The lowest BCUT2D eigenvalue weighted by atomic mass is 10.1. The molecule has 2 heteroatoms. The first kappa shape index (κ1) is 19.6. The van der Waals surface area contributed by atoms with Crippen LogP contribution in [0.2, 0.25) is 0 Å². The van der Waals surface area contributed by atoms with Gasteiger partial charge in [-0.25, -0.2) is 4.39 Å². The average Bonchev–Trinajstić information content (AvgIpc) is 2.45. The zero-order valence-electron chi connectivity index (χ0n) is 13.5. The van der Waals surface area contributed by atoms with Crippen molar-refractivity contribution in [3.8, 4) is 0 Å². The minimum Gasteiger partial charge on any atom is -0.396 e. The normalized spacial score (nSPS) is 13.2. The molecule has 120 valence electrons. The van der Waals surface area contributed by atoms with E-state index in [9.17, 15) is 4.39 Å². The van der Waals surface area contributed by atoms with E-state index in [-0.39, 0.29) is 0 Å². The Balaban J connectivity index is 3.21. The first-order valence-electron chi connectivity index (χ1n) is 8.71. The molecule has 0 spiro atoms. The van der Waals surface area contributed by atoms with E-state index < -0.39 is 6.17 Å². The molecule has 0 rings (SSSR count). The van der Waals surface area contributed by atoms with Gasteiger partial charge in [0.2, 0.25) is 0 Å². The fraction of sp³-hybridized carbons (Fsp3) is 0.889. The number of aliphatic hydroxyl groups excluding tert-OH is 1. The Kier molecular flexibility index (Phi) is 16.4. The summed E-state index contributed by atoms with van der Waals surface area (Å²) in [6, 6.07) is 0. The molecule has 1 N–H and O–H groups in total. The SMILES string of the molecule is CCCCCCC(F)CC=CCCCCCCCCO. The first-order valence-corrected chi connectivity index (χ1v) is 8.71. The lowest BCUT2D eigenvalue weighted by Gasteiger charge is -2.04. The van der Waals surface area contributed by atoms with Gasteiger partial charge in [0.1, 0.15) is 6.17 Å². The van der Waals surface area contributed by atoms with Crippen molar-refractivity contribution >= 4 is 0 Å². The molecule has 0 aromatic carbocycles. The summed E-state index contributed by atoms with van der Waals surface area (Å²) < 4.78 is 13.5. The summed E-state index contributed by atoms with van der Waals surface area (Å²) in [6.45, 7) is 2.51. The van der Waals surface area contributed by atoms with Crippen LogP contribution >= 0.6 is 0 Å². The predicted molar refractivity (Wildman–Crippen MR) is 86.8 cm³/mol. The second-order valence-electron chi connectivity index (χ2n) is 5.79. The van der Waals surface area contributed by atoms with Crippen molar-refractivity contribution in [3.05, 3.63) is 12.2 Å². The summed E-state index contributed by atoms with van der Waals surface area (Å²) in [4.78, 5) is 0. The molecule has 20 heavy (non-hydrogen) atoms. The third-order valence-corrected chi connectivity index (χ3v) is 3.71. The van der Waals surface area contributed by atoms with Gasteiger partial charge in [-0.15, -0.1) is 0 Å². The number of hydrogen-bond acceptors (Lipinski definition) is 1. The summed E-state index contributed by atoms with van der Waals surface area (Å²) in [5.74, 6) is 0. The molecule has 0 amide bonds. The molecule has 0 radical (unpaired) electrons. The molecule has 0 aliphatic heterocycles. The predicted octanol–water partition coefficient (Wildman–Crippen LogP) is 5.96. The van der Waals surface area contributed by atoms with Gasteiger partial charge in [-0.05, 0) is 32.1 Å². The Labute approximate surface area is 125 Å². The Morgan fingerprint density at radius 2 is 1.50 bits per heavy atom. The minimum atomic E-state index is -0.637. The van der Waals surface area contributed by atoms with Crippen molar-refractivity contribution in [2.24, 2.45) is 0 Å². The molecule has 1 atom stereocenters. The summed E-state index contributed by atoms with van der Waals surface area (Å²) in [7, 11) is 0. The standard InChI is InChI=1S/C18H35FO/c1-2-3-4-12-15-18(19)16-13-10-8-6-5-7-9-11-14-17-20/h10,13,18,20H,2-9,11-12,14-17H2,1H3. The van der Waals surface area contributed by atoms with Crippen LogP contribution in [0, 0.1) is 0 Å². The monoisotopic (exact) mass is 286 g/mol. The molecule has 0 heterocycles. The molecule has 0 bridgehead atoms. The van der Waals surface area contributed by atoms with Crippen LogP contribution in [0.4, 0.5) is 4.39 Å². The Morgan fingerprint density at radius 3 is 2.20 bits per heavy atom. The van der Waals surface area contributed by atoms with Crippen LogP contribution < -0.4 is 0 Å². The molecular formula is C18H35FO. The van der Waals surface area contributed by atoms with Gasteiger partial charge in [0.05, 0.1) is 0 Å². The number of aliphatic hydroxyl groups is 1. The van der Waals surface area contributed by atoms with Crippen molar-refractivity contribution in [2.45, 2.75) is 96.6 Å². The van der Waals surface area contributed by atoms with E-state index in [4.69, 9.17) is 5.11 Å². The molecular weight excluding hydrogens is 251 g/mol. The van der Waals surface area contributed by atoms with Gasteiger partial charge in [0.15, 0.2) is 0 Å². The maximum absolute atomic E-state index is 13.5. The zero-order valence-corrected chi connectivity index (χ0v) is 13.5.